The summed E-state index contributed by atoms with van der Waals surface area (Å²) in [4.78, 5) is 18.1. The number of fused-ring (bicyclic) bond motifs is 1. The monoisotopic (exact) mass is 442 g/mol. The molecule has 6 nitrogen and oxygen atoms in total. The Bertz CT molecular complexity index is 1310. The topological polar surface area (TPSA) is 73.1 Å². The number of halogens is 1. The van der Waals surface area contributed by atoms with Gasteiger partial charge >= 0.3 is 0 Å². The Balaban J connectivity index is 1.76. The number of methoxy groups -OCH3 is 1. The van der Waals surface area contributed by atoms with E-state index in [1.807, 2.05) is 19.1 Å². The number of hydrogen-bond donors (Lipinski definition) is 1. The largest absolute Gasteiger partial charge is 0.502 e. The number of imidazole rings is 1. The summed E-state index contributed by atoms with van der Waals surface area (Å²) in [7, 11) is 1.47. The minimum absolute atomic E-state index is 0.0564. The summed E-state index contributed by atoms with van der Waals surface area (Å²) < 4.78 is 12.9. The molecule has 0 saturated carbocycles. The maximum absolute atomic E-state index is 12.9. The third kappa shape index (κ3) is 3.86. The van der Waals surface area contributed by atoms with Crippen molar-refractivity contribution in [2.75, 3.05) is 13.7 Å². The van der Waals surface area contributed by atoms with Crippen LogP contribution in [0.4, 0.5) is 0 Å². The number of aromatic nitrogens is 2. The van der Waals surface area contributed by atoms with E-state index in [1.165, 1.54) is 22.8 Å². The summed E-state index contributed by atoms with van der Waals surface area (Å²) in [6.07, 6.45) is 4.27. The maximum atomic E-state index is 12.9. The van der Waals surface area contributed by atoms with E-state index in [1.54, 1.807) is 36.5 Å². The molecule has 154 valence electrons. The van der Waals surface area contributed by atoms with E-state index in [4.69, 9.17) is 21.1 Å². The molecule has 4 rings (SSSR count). The number of thiazole rings is 1. The van der Waals surface area contributed by atoms with E-state index in [2.05, 4.69) is 4.98 Å². The van der Waals surface area contributed by atoms with Crippen LogP contribution in [-0.2, 0) is 0 Å². The van der Waals surface area contributed by atoms with Crippen LogP contribution in [0.5, 0.6) is 17.2 Å². The summed E-state index contributed by atoms with van der Waals surface area (Å²) >= 11 is 7.23. The molecule has 0 amide bonds. The van der Waals surface area contributed by atoms with Crippen LogP contribution in [-0.4, -0.2) is 28.2 Å². The molecule has 2 heterocycles. The zero-order chi connectivity index (χ0) is 21.3. The summed E-state index contributed by atoms with van der Waals surface area (Å²) in [5, 5.41) is 10.9. The normalized spacial score (nSPS) is 11.9. The molecule has 0 atom stereocenters. The molecule has 1 N–H and O–H groups in total. The molecule has 2 aromatic heterocycles. The second-order valence-electron chi connectivity index (χ2n) is 6.62. The Kier molecular flexibility index (Phi) is 5.65. The third-order valence-electron chi connectivity index (χ3n) is 4.49. The van der Waals surface area contributed by atoms with Gasteiger partial charge in [-0.2, -0.15) is 0 Å². The average molecular weight is 443 g/mol. The highest BCUT2D eigenvalue weighted by atomic mass is 35.5. The van der Waals surface area contributed by atoms with Gasteiger partial charge in [0.25, 0.3) is 5.56 Å². The van der Waals surface area contributed by atoms with Gasteiger partial charge in [-0.05, 0) is 42.3 Å². The number of aromatic hydroxyl groups is 1. The first-order chi connectivity index (χ1) is 14.5. The van der Waals surface area contributed by atoms with Gasteiger partial charge in [-0.3, -0.25) is 9.20 Å². The minimum Gasteiger partial charge on any atom is -0.502 e. The lowest BCUT2D eigenvalue weighted by Crippen LogP contribution is -2.22. The zero-order valence-corrected chi connectivity index (χ0v) is 18.0. The van der Waals surface area contributed by atoms with Gasteiger partial charge in [0.2, 0.25) is 5.75 Å². The van der Waals surface area contributed by atoms with Gasteiger partial charge < -0.3 is 14.6 Å². The number of hydrogen-bond acceptors (Lipinski definition) is 6. The van der Waals surface area contributed by atoms with Crippen LogP contribution in [0.15, 0.2) is 47.4 Å². The van der Waals surface area contributed by atoms with Gasteiger partial charge in [0.1, 0.15) is 0 Å². The summed E-state index contributed by atoms with van der Waals surface area (Å²) in [6.45, 7) is 2.45. The molecule has 8 heteroatoms. The van der Waals surface area contributed by atoms with Crippen LogP contribution in [0.1, 0.15) is 18.9 Å². The molecule has 0 aliphatic rings. The first-order valence-corrected chi connectivity index (χ1v) is 10.5. The quantitative estimate of drug-likeness (QED) is 0.486. The molecule has 0 aliphatic carbocycles. The lowest BCUT2D eigenvalue weighted by atomic mass is 10.1. The van der Waals surface area contributed by atoms with Crippen LogP contribution in [0, 0.1) is 0 Å². The molecule has 0 fully saturated rings. The predicted octanol–water partition coefficient (Wildman–Crippen LogP) is 4.13. The number of nitrogens with zero attached hydrogens (tertiary/aromatic N) is 2. The fraction of sp³-hybridized carbons (Fsp3) is 0.182. The molecular formula is C22H19ClN2O4S. The number of phenolic OH excluding ortho intramolecular Hbond substituents is 1. The molecule has 30 heavy (non-hydrogen) atoms. The fourth-order valence-electron chi connectivity index (χ4n) is 3.01. The molecule has 0 bridgehead atoms. The Morgan fingerprint density at radius 1 is 1.23 bits per heavy atom. The van der Waals surface area contributed by atoms with E-state index >= 15 is 0 Å². The smallest absolute Gasteiger partial charge is 0.274 e. The molecule has 0 spiro atoms. The molecule has 2 aromatic carbocycles. The zero-order valence-electron chi connectivity index (χ0n) is 16.4. The first kappa shape index (κ1) is 20.3. The van der Waals surface area contributed by atoms with Crippen molar-refractivity contribution in [2.24, 2.45) is 0 Å². The molecule has 0 aliphatic heterocycles. The molecule has 0 unspecified atom stereocenters. The van der Waals surface area contributed by atoms with Crippen molar-refractivity contribution in [1.82, 2.24) is 9.38 Å². The molecular weight excluding hydrogens is 424 g/mol. The first-order valence-electron chi connectivity index (χ1n) is 9.33. The van der Waals surface area contributed by atoms with Crippen molar-refractivity contribution in [3.8, 4) is 28.5 Å². The standard InChI is InChI=1S/C22H19ClN2O4S/c1-3-8-29-18-10-13(9-17(28-2)20(18)26)11-19-21(27)25-12-16(24-22(25)30-19)14-4-6-15(23)7-5-14/h4-7,9-12,26H,3,8H2,1-2H3. The van der Waals surface area contributed by atoms with Crippen LogP contribution >= 0.6 is 22.9 Å². The van der Waals surface area contributed by atoms with Gasteiger partial charge in [0.05, 0.1) is 23.9 Å². The van der Waals surface area contributed by atoms with Gasteiger partial charge in [-0.25, -0.2) is 4.98 Å². The number of ether oxygens (including phenoxy) is 2. The van der Waals surface area contributed by atoms with E-state index in [-0.39, 0.29) is 17.1 Å². The van der Waals surface area contributed by atoms with Crippen LogP contribution in [0.3, 0.4) is 0 Å². The Morgan fingerprint density at radius 2 is 1.97 bits per heavy atom. The number of benzene rings is 2. The Labute approximate surface area is 181 Å². The van der Waals surface area contributed by atoms with E-state index in [9.17, 15) is 9.90 Å². The van der Waals surface area contributed by atoms with Crippen LogP contribution < -0.4 is 19.6 Å². The third-order valence-corrected chi connectivity index (χ3v) is 5.72. The van der Waals surface area contributed by atoms with Crippen molar-refractivity contribution < 1.29 is 14.6 Å². The van der Waals surface area contributed by atoms with Crippen LogP contribution in [0.25, 0.3) is 22.3 Å². The molecule has 4 aromatic rings. The van der Waals surface area contributed by atoms with Gasteiger partial charge in [0.15, 0.2) is 16.5 Å². The second kappa shape index (κ2) is 8.38. The van der Waals surface area contributed by atoms with Crippen molar-refractivity contribution >= 4 is 34.0 Å². The van der Waals surface area contributed by atoms with Crippen molar-refractivity contribution in [2.45, 2.75) is 13.3 Å². The minimum atomic E-state index is -0.161. The van der Waals surface area contributed by atoms with Crippen LogP contribution in [0.2, 0.25) is 5.02 Å². The lowest BCUT2D eigenvalue weighted by molar-refractivity contribution is 0.290. The van der Waals surface area contributed by atoms with E-state index < -0.39 is 0 Å². The second-order valence-corrected chi connectivity index (χ2v) is 8.07. The molecule has 0 radical (unpaired) electrons. The summed E-state index contributed by atoms with van der Waals surface area (Å²) in [5.41, 5.74) is 2.13. The highest BCUT2D eigenvalue weighted by molar-refractivity contribution is 7.15. The Hall–Kier alpha value is -3.03. The summed E-state index contributed by atoms with van der Waals surface area (Å²) in [5.74, 6) is 0.550. The van der Waals surface area contributed by atoms with Gasteiger partial charge in [0, 0.05) is 16.8 Å². The Morgan fingerprint density at radius 3 is 2.63 bits per heavy atom. The van der Waals surface area contributed by atoms with Crippen molar-refractivity contribution in [1.29, 1.82) is 0 Å². The van der Waals surface area contributed by atoms with Gasteiger partial charge in [-0.15, -0.1) is 0 Å². The maximum Gasteiger partial charge on any atom is 0.274 e. The predicted molar refractivity (Wildman–Crippen MR) is 119 cm³/mol. The fourth-order valence-corrected chi connectivity index (χ4v) is 4.09. The highest BCUT2D eigenvalue weighted by Crippen LogP contribution is 2.37. The van der Waals surface area contributed by atoms with E-state index in [0.717, 1.165) is 12.0 Å². The number of phenols is 1. The SMILES string of the molecule is CCCOc1cc(C=c2sc3nc(-c4ccc(Cl)cc4)cn3c2=O)cc(OC)c1O. The van der Waals surface area contributed by atoms with Crippen molar-refractivity contribution in [3.05, 3.63) is 68.1 Å². The summed E-state index contributed by atoms with van der Waals surface area (Å²) in [6, 6.07) is 10.7. The van der Waals surface area contributed by atoms with E-state index in [0.29, 0.717) is 38.1 Å². The lowest BCUT2D eigenvalue weighted by Gasteiger charge is -2.11. The molecule has 0 saturated heterocycles. The average Bonchev–Trinajstić information content (AvgIpc) is 3.28. The van der Waals surface area contributed by atoms with Gasteiger partial charge in [-0.1, -0.05) is 42.0 Å². The van der Waals surface area contributed by atoms with Crippen molar-refractivity contribution in [3.63, 3.8) is 0 Å². The highest BCUT2D eigenvalue weighted by Gasteiger charge is 2.13. The number of rotatable bonds is 6.